The van der Waals surface area contributed by atoms with Crippen LogP contribution in [0.15, 0.2) is 57.7 Å². The van der Waals surface area contributed by atoms with Crippen molar-refractivity contribution >= 4 is 17.0 Å². The van der Waals surface area contributed by atoms with Gasteiger partial charge in [0.05, 0.1) is 18.6 Å². The van der Waals surface area contributed by atoms with Gasteiger partial charge >= 0.3 is 5.76 Å². The van der Waals surface area contributed by atoms with E-state index in [9.17, 15) is 9.59 Å². The van der Waals surface area contributed by atoms with Gasteiger partial charge in [-0.2, -0.15) is 0 Å². The van der Waals surface area contributed by atoms with E-state index >= 15 is 0 Å². The lowest BCUT2D eigenvalue weighted by molar-refractivity contribution is -0.910. The largest absolute Gasteiger partial charge is 0.419 e. The van der Waals surface area contributed by atoms with E-state index in [0.29, 0.717) is 24.2 Å². The predicted molar refractivity (Wildman–Crippen MR) is 109 cm³/mol. The lowest BCUT2D eigenvalue weighted by atomic mass is 10.1. The summed E-state index contributed by atoms with van der Waals surface area (Å²) in [5.41, 5.74) is 3.66. The van der Waals surface area contributed by atoms with Crippen LogP contribution in [0.3, 0.4) is 0 Å². The molecule has 0 bridgehead atoms. The Morgan fingerprint density at radius 1 is 1.04 bits per heavy atom. The summed E-state index contributed by atoms with van der Waals surface area (Å²) in [4.78, 5) is 25.8. The van der Waals surface area contributed by atoms with Gasteiger partial charge in [-0.3, -0.25) is 9.36 Å². The van der Waals surface area contributed by atoms with E-state index < -0.39 is 5.76 Å². The van der Waals surface area contributed by atoms with Crippen LogP contribution in [0, 0.1) is 0 Å². The minimum atomic E-state index is -0.429. The first-order chi connectivity index (χ1) is 13.6. The van der Waals surface area contributed by atoms with Crippen LogP contribution in [0.1, 0.15) is 31.4 Å². The van der Waals surface area contributed by atoms with Crippen LogP contribution in [-0.4, -0.2) is 23.6 Å². The average Bonchev–Trinajstić information content (AvgIpc) is 3.04. The molecule has 148 valence electrons. The van der Waals surface area contributed by atoms with E-state index in [1.54, 1.807) is 6.07 Å². The van der Waals surface area contributed by atoms with Gasteiger partial charge in [-0.1, -0.05) is 36.4 Å². The number of hydrogen-bond acceptors (Lipinski definition) is 3. The van der Waals surface area contributed by atoms with Crippen molar-refractivity contribution in [3.05, 3.63) is 70.2 Å². The van der Waals surface area contributed by atoms with Crippen molar-refractivity contribution in [2.45, 2.75) is 39.9 Å². The number of fused-ring (bicyclic) bond motifs is 1. The summed E-state index contributed by atoms with van der Waals surface area (Å²) in [7, 11) is 0. The van der Waals surface area contributed by atoms with Crippen LogP contribution >= 0.6 is 0 Å². The quantitative estimate of drug-likeness (QED) is 0.592. The number of rotatable bonds is 9. The fourth-order valence-corrected chi connectivity index (χ4v) is 3.39. The van der Waals surface area contributed by atoms with Crippen molar-refractivity contribution in [3.8, 4) is 0 Å². The highest BCUT2D eigenvalue weighted by atomic mass is 16.4. The Kier molecular flexibility index (Phi) is 6.66. The zero-order valence-corrected chi connectivity index (χ0v) is 16.5. The van der Waals surface area contributed by atoms with Gasteiger partial charge < -0.3 is 14.6 Å². The van der Waals surface area contributed by atoms with Gasteiger partial charge in [0.25, 0.3) is 0 Å². The Labute approximate surface area is 164 Å². The highest BCUT2D eigenvalue weighted by Crippen LogP contribution is 2.12. The molecule has 0 aliphatic carbocycles. The zero-order valence-electron chi connectivity index (χ0n) is 16.5. The Morgan fingerprint density at radius 2 is 1.71 bits per heavy atom. The zero-order chi connectivity index (χ0) is 19.9. The first-order valence-electron chi connectivity index (χ1n) is 9.87. The number of aromatic nitrogens is 1. The highest BCUT2D eigenvalue weighted by Gasteiger charge is 2.12. The van der Waals surface area contributed by atoms with E-state index in [1.165, 1.54) is 15.0 Å². The number of oxazole rings is 1. The number of para-hydroxylation sites is 2. The van der Waals surface area contributed by atoms with Crippen molar-refractivity contribution in [2.24, 2.45) is 0 Å². The maximum absolute atomic E-state index is 12.3. The van der Waals surface area contributed by atoms with Gasteiger partial charge in [-0.15, -0.1) is 0 Å². The number of nitrogens with zero attached hydrogens (tertiary/aromatic N) is 1. The molecule has 1 heterocycles. The molecule has 2 N–H and O–H groups in total. The lowest BCUT2D eigenvalue weighted by Gasteiger charge is -2.18. The SMILES string of the molecule is CC[NH+](CC)Cc1ccccc1CNC(=O)CCn1c(=O)oc2ccccc21. The molecule has 2 aromatic carbocycles. The average molecular weight is 382 g/mol. The van der Waals surface area contributed by atoms with Gasteiger partial charge in [0, 0.05) is 25.1 Å². The van der Waals surface area contributed by atoms with Crippen LogP contribution < -0.4 is 16.0 Å². The third-order valence-electron chi connectivity index (χ3n) is 5.17. The minimum absolute atomic E-state index is 0.0813. The van der Waals surface area contributed by atoms with E-state index in [4.69, 9.17) is 4.42 Å². The third kappa shape index (κ3) is 4.70. The van der Waals surface area contributed by atoms with E-state index in [2.05, 4.69) is 31.3 Å². The monoisotopic (exact) mass is 382 g/mol. The second-order valence-electron chi connectivity index (χ2n) is 6.92. The molecule has 1 aromatic heterocycles. The molecule has 3 rings (SSSR count). The molecule has 6 heteroatoms. The summed E-state index contributed by atoms with van der Waals surface area (Å²) in [6, 6.07) is 15.5. The standard InChI is InChI=1S/C22H27N3O3/c1-3-24(4-2)16-18-10-6-5-9-17(18)15-23-21(26)13-14-25-19-11-7-8-12-20(19)28-22(25)27/h5-12H,3-4,13-16H2,1-2H3,(H,23,26)/p+1. The van der Waals surface area contributed by atoms with E-state index in [0.717, 1.165) is 25.2 Å². The molecule has 6 nitrogen and oxygen atoms in total. The molecular weight excluding hydrogens is 354 g/mol. The molecule has 0 saturated heterocycles. The molecular formula is C22H28N3O3+. The van der Waals surface area contributed by atoms with Crippen molar-refractivity contribution < 1.29 is 14.1 Å². The summed E-state index contributed by atoms with van der Waals surface area (Å²) >= 11 is 0. The number of carbonyl (C=O) groups excluding carboxylic acids is 1. The van der Waals surface area contributed by atoms with E-state index in [-0.39, 0.29) is 12.3 Å². The molecule has 0 spiro atoms. The maximum Gasteiger partial charge on any atom is 0.419 e. The van der Waals surface area contributed by atoms with Gasteiger partial charge in [-0.05, 0) is 31.5 Å². The number of aryl methyl sites for hydroxylation is 1. The van der Waals surface area contributed by atoms with Gasteiger partial charge in [-0.25, -0.2) is 4.79 Å². The fourth-order valence-electron chi connectivity index (χ4n) is 3.39. The number of amides is 1. The molecule has 0 unspecified atom stereocenters. The number of hydrogen-bond donors (Lipinski definition) is 2. The number of quaternary nitrogens is 1. The van der Waals surface area contributed by atoms with Crippen LogP contribution in [-0.2, 0) is 24.4 Å². The van der Waals surface area contributed by atoms with E-state index in [1.807, 2.05) is 30.3 Å². The molecule has 28 heavy (non-hydrogen) atoms. The van der Waals surface area contributed by atoms with Crippen molar-refractivity contribution in [2.75, 3.05) is 13.1 Å². The number of nitrogens with one attached hydrogen (secondary N) is 2. The van der Waals surface area contributed by atoms with Gasteiger partial charge in [0.2, 0.25) is 5.91 Å². The molecule has 1 amide bonds. The molecule has 0 aliphatic heterocycles. The maximum atomic E-state index is 12.3. The summed E-state index contributed by atoms with van der Waals surface area (Å²) in [5, 5.41) is 2.98. The summed E-state index contributed by atoms with van der Waals surface area (Å²) in [6.45, 7) is 8.27. The summed E-state index contributed by atoms with van der Waals surface area (Å²) in [6.07, 6.45) is 0.229. The molecule has 0 saturated carbocycles. The van der Waals surface area contributed by atoms with Crippen LogP contribution in [0.25, 0.3) is 11.1 Å². The topological polar surface area (TPSA) is 68.7 Å². The summed E-state index contributed by atoms with van der Waals surface area (Å²) in [5.74, 6) is -0.510. The lowest BCUT2D eigenvalue weighted by Crippen LogP contribution is -3.10. The number of benzene rings is 2. The molecule has 0 aliphatic rings. The first kappa shape index (κ1) is 19.9. The van der Waals surface area contributed by atoms with Crippen LogP contribution in [0.4, 0.5) is 0 Å². The van der Waals surface area contributed by atoms with Crippen molar-refractivity contribution in [1.82, 2.24) is 9.88 Å². The smallest absolute Gasteiger partial charge is 0.408 e. The predicted octanol–water partition coefficient (Wildman–Crippen LogP) is 1.73. The van der Waals surface area contributed by atoms with Crippen molar-refractivity contribution in [3.63, 3.8) is 0 Å². The molecule has 0 radical (unpaired) electrons. The Hall–Kier alpha value is -2.86. The molecule has 3 aromatic rings. The van der Waals surface area contributed by atoms with Gasteiger partial charge in [0.1, 0.15) is 6.54 Å². The highest BCUT2D eigenvalue weighted by molar-refractivity contribution is 5.76. The third-order valence-corrected chi connectivity index (χ3v) is 5.17. The minimum Gasteiger partial charge on any atom is -0.408 e. The Morgan fingerprint density at radius 3 is 2.46 bits per heavy atom. The van der Waals surface area contributed by atoms with Crippen LogP contribution in [0.5, 0.6) is 0 Å². The fraction of sp³-hybridized carbons (Fsp3) is 0.364. The second-order valence-corrected chi connectivity index (χ2v) is 6.92. The Balaban J connectivity index is 1.59. The number of carbonyl (C=O) groups is 1. The van der Waals surface area contributed by atoms with Crippen LogP contribution in [0.2, 0.25) is 0 Å². The first-order valence-corrected chi connectivity index (χ1v) is 9.87. The Bertz CT molecular complexity index is 986. The van der Waals surface area contributed by atoms with Gasteiger partial charge in [0.15, 0.2) is 5.58 Å². The molecule has 0 atom stereocenters. The molecule has 0 fully saturated rings. The normalized spacial score (nSPS) is 11.2. The second kappa shape index (κ2) is 9.37. The van der Waals surface area contributed by atoms with Crippen molar-refractivity contribution in [1.29, 1.82) is 0 Å². The summed E-state index contributed by atoms with van der Waals surface area (Å²) < 4.78 is 6.71.